The van der Waals surface area contributed by atoms with E-state index >= 15 is 0 Å². The summed E-state index contributed by atoms with van der Waals surface area (Å²) in [4.78, 5) is 37.9. The molecule has 2 atom stereocenters. The number of rotatable bonds is 7. The van der Waals surface area contributed by atoms with E-state index in [0.29, 0.717) is 37.6 Å². The van der Waals surface area contributed by atoms with Crippen LogP contribution in [0.25, 0.3) is 0 Å². The number of nitrogens with one attached hydrogen (secondary N) is 1. The van der Waals surface area contributed by atoms with Gasteiger partial charge in [-0.1, -0.05) is 0 Å². The van der Waals surface area contributed by atoms with Crippen molar-refractivity contribution < 1.29 is 37.0 Å². The van der Waals surface area contributed by atoms with Crippen LogP contribution in [0.5, 0.6) is 5.75 Å². The highest BCUT2D eigenvalue weighted by atomic mass is 19.4. The number of aromatic nitrogens is 2. The standard InChI is InChI=1S/C25H28F3N5O5/c1-24(2)37-14-17(38-24)13-36-16-6-9-29-21(11-16)31-23(35)33-15-7-10-32(12-15)19-4-3-18(30-22(19)33)20(34)5-8-25(26,27)28/h3-4,6,9,11,15,17H,5,7-8,10,12-14H2,1-2H3,(H,29,31,35)/t15-,17-/m0/s1. The van der Waals surface area contributed by atoms with Gasteiger partial charge < -0.3 is 19.1 Å². The first-order chi connectivity index (χ1) is 18.0. The minimum Gasteiger partial charge on any atom is -0.491 e. The van der Waals surface area contributed by atoms with Crippen LogP contribution in [0, 0.1) is 0 Å². The fourth-order valence-electron chi connectivity index (χ4n) is 4.78. The predicted molar refractivity (Wildman–Crippen MR) is 131 cm³/mol. The smallest absolute Gasteiger partial charge is 0.389 e. The summed E-state index contributed by atoms with van der Waals surface area (Å²) in [5.74, 6) is -0.434. The number of pyridine rings is 2. The van der Waals surface area contributed by atoms with Crippen LogP contribution in [-0.4, -0.2) is 72.2 Å². The SMILES string of the molecule is CC1(C)OC[C@H](COc2ccnc(NC(=O)N3c4nc(C(=O)CCC(F)(F)F)ccc4N4CC[C@H]3C4)c2)O1. The molecule has 2 saturated heterocycles. The summed E-state index contributed by atoms with van der Waals surface area (Å²) in [5.41, 5.74) is 0.538. The molecule has 5 rings (SSSR count). The number of alkyl halides is 3. The number of fused-ring (bicyclic) bond motifs is 4. The molecule has 38 heavy (non-hydrogen) atoms. The zero-order valence-corrected chi connectivity index (χ0v) is 21.0. The second kappa shape index (κ2) is 10.0. The highest BCUT2D eigenvalue weighted by Gasteiger charge is 2.41. The Kier molecular flexibility index (Phi) is 6.90. The summed E-state index contributed by atoms with van der Waals surface area (Å²) in [5, 5.41) is 2.76. The Labute approximate surface area is 217 Å². The number of halogens is 3. The van der Waals surface area contributed by atoms with Crippen LogP contribution in [0.2, 0.25) is 0 Å². The third-order valence-corrected chi connectivity index (χ3v) is 6.56. The summed E-state index contributed by atoms with van der Waals surface area (Å²) >= 11 is 0. The van der Waals surface area contributed by atoms with Crippen molar-refractivity contribution in [2.75, 3.05) is 41.4 Å². The molecule has 2 aromatic rings. The molecule has 2 fully saturated rings. The highest BCUT2D eigenvalue weighted by Crippen LogP contribution is 2.39. The van der Waals surface area contributed by atoms with Gasteiger partial charge in [-0.05, 0) is 38.5 Å². The van der Waals surface area contributed by atoms with Crippen molar-refractivity contribution in [3.05, 3.63) is 36.2 Å². The molecule has 2 aromatic heterocycles. The van der Waals surface area contributed by atoms with Crippen molar-refractivity contribution in [2.24, 2.45) is 0 Å². The first-order valence-electron chi connectivity index (χ1n) is 12.3. The van der Waals surface area contributed by atoms with Crippen LogP contribution in [0.1, 0.15) is 43.6 Å². The fraction of sp³-hybridized carbons (Fsp3) is 0.520. The number of ketones is 1. The van der Waals surface area contributed by atoms with Gasteiger partial charge in [-0.25, -0.2) is 14.8 Å². The Morgan fingerprint density at radius 2 is 2.08 bits per heavy atom. The number of hydrogen-bond donors (Lipinski definition) is 1. The van der Waals surface area contributed by atoms with Gasteiger partial charge in [0.1, 0.15) is 30.0 Å². The third kappa shape index (κ3) is 5.83. The first kappa shape index (κ1) is 26.2. The fourth-order valence-corrected chi connectivity index (χ4v) is 4.78. The Hall–Kier alpha value is -3.45. The maximum absolute atomic E-state index is 13.4. The van der Waals surface area contributed by atoms with Gasteiger partial charge in [0, 0.05) is 31.8 Å². The van der Waals surface area contributed by atoms with E-state index in [0.717, 1.165) is 0 Å². The van der Waals surface area contributed by atoms with Crippen molar-refractivity contribution in [2.45, 2.75) is 57.2 Å². The normalized spacial score (nSPS) is 21.8. The van der Waals surface area contributed by atoms with Gasteiger partial charge in [-0.15, -0.1) is 0 Å². The number of hydrogen-bond acceptors (Lipinski definition) is 8. The van der Waals surface area contributed by atoms with Crippen LogP contribution in [-0.2, 0) is 9.47 Å². The molecule has 2 bridgehead atoms. The molecule has 2 amide bonds. The lowest BCUT2D eigenvalue weighted by Crippen LogP contribution is -2.48. The maximum Gasteiger partial charge on any atom is 0.389 e. The lowest BCUT2D eigenvalue weighted by atomic mass is 10.1. The Morgan fingerprint density at radius 1 is 1.26 bits per heavy atom. The number of ether oxygens (including phenoxy) is 3. The average molecular weight is 536 g/mol. The zero-order valence-electron chi connectivity index (χ0n) is 21.0. The molecule has 0 unspecified atom stereocenters. The summed E-state index contributed by atoms with van der Waals surface area (Å²) in [7, 11) is 0. The molecule has 0 spiro atoms. The quantitative estimate of drug-likeness (QED) is 0.527. The maximum atomic E-state index is 13.4. The number of carbonyl (C=O) groups excluding carboxylic acids is 2. The Bertz CT molecular complexity index is 1220. The molecular formula is C25H28F3N5O5. The van der Waals surface area contributed by atoms with Gasteiger partial charge in [0.15, 0.2) is 17.4 Å². The summed E-state index contributed by atoms with van der Waals surface area (Å²) in [6.07, 6.45) is -4.44. The second-order valence-electron chi connectivity index (χ2n) is 9.90. The summed E-state index contributed by atoms with van der Waals surface area (Å²) in [6.45, 7) is 5.59. The van der Waals surface area contributed by atoms with E-state index in [9.17, 15) is 22.8 Å². The van der Waals surface area contributed by atoms with E-state index in [1.54, 1.807) is 18.2 Å². The number of amides is 2. The van der Waals surface area contributed by atoms with Gasteiger partial charge in [0.2, 0.25) is 0 Å². The van der Waals surface area contributed by atoms with Crippen molar-refractivity contribution in [3.8, 4) is 5.75 Å². The molecule has 3 aliphatic rings. The summed E-state index contributed by atoms with van der Waals surface area (Å²) in [6, 6.07) is 5.56. The molecule has 0 saturated carbocycles. The van der Waals surface area contributed by atoms with Gasteiger partial charge in [0.05, 0.1) is 24.8 Å². The van der Waals surface area contributed by atoms with Gasteiger partial charge in [-0.2, -0.15) is 13.2 Å². The molecule has 0 aliphatic carbocycles. The molecule has 0 aromatic carbocycles. The minimum absolute atomic E-state index is 0.108. The van der Waals surface area contributed by atoms with Crippen LogP contribution < -0.4 is 19.9 Å². The minimum atomic E-state index is -4.44. The largest absolute Gasteiger partial charge is 0.491 e. The van der Waals surface area contributed by atoms with Crippen molar-refractivity contribution >= 4 is 29.1 Å². The lowest BCUT2D eigenvalue weighted by Gasteiger charge is -2.35. The molecule has 13 heteroatoms. The Morgan fingerprint density at radius 3 is 2.82 bits per heavy atom. The van der Waals surface area contributed by atoms with Crippen molar-refractivity contribution in [1.82, 2.24) is 9.97 Å². The van der Waals surface area contributed by atoms with E-state index in [1.165, 1.54) is 17.2 Å². The van der Waals surface area contributed by atoms with Gasteiger partial charge in [0.25, 0.3) is 0 Å². The highest BCUT2D eigenvalue weighted by molar-refractivity contribution is 6.05. The van der Waals surface area contributed by atoms with E-state index in [1.807, 2.05) is 18.7 Å². The molecular weight excluding hydrogens is 507 g/mol. The lowest BCUT2D eigenvalue weighted by molar-refractivity contribution is -0.141. The van der Waals surface area contributed by atoms with Crippen molar-refractivity contribution in [1.29, 1.82) is 0 Å². The van der Waals surface area contributed by atoms with E-state index in [4.69, 9.17) is 14.2 Å². The van der Waals surface area contributed by atoms with Crippen molar-refractivity contribution in [3.63, 3.8) is 0 Å². The Balaban J connectivity index is 1.30. The molecule has 0 radical (unpaired) electrons. The molecule has 204 valence electrons. The monoisotopic (exact) mass is 535 g/mol. The van der Waals surface area contributed by atoms with Gasteiger partial charge >= 0.3 is 12.2 Å². The third-order valence-electron chi connectivity index (χ3n) is 6.56. The number of nitrogens with zero attached hydrogens (tertiary/aromatic N) is 4. The number of urea groups is 1. The van der Waals surface area contributed by atoms with E-state index in [-0.39, 0.29) is 36.1 Å². The van der Waals surface area contributed by atoms with Gasteiger partial charge in [-0.3, -0.25) is 15.0 Å². The molecule has 5 heterocycles. The zero-order chi connectivity index (χ0) is 27.1. The molecule has 1 N–H and O–H groups in total. The molecule has 3 aliphatic heterocycles. The van der Waals surface area contributed by atoms with Crippen LogP contribution in [0.4, 0.5) is 35.3 Å². The molecule has 10 nitrogen and oxygen atoms in total. The topological polar surface area (TPSA) is 106 Å². The number of Topliss-reactive ketones (excluding diaryl/α,β-unsaturated/α-hetero) is 1. The van der Waals surface area contributed by atoms with Crippen LogP contribution in [0.15, 0.2) is 30.5 Å². The number of anilines is 3. The van der Waals surface area contributed by atoms with Crippen LogP contribution in [0.3, 0.4) is 0 Å². The van der Waals surface area contributed by atoms with Crippen LogP contribution >= 0.6 is 0 Å². The second-order valence-corrected chi connectivity index (χ2v) is 9.90. The first-order valence-corrected chi connectivity index (χ1v) is 12.3. The predicted octanol–water partition coefficient (Wildman–Crippen LogP) is 4.16. The summed E-state index contributed by atoms with van der Waals surface area (Å²) < 4.78 is 54.9. The number of carbonyl (C=O) groups is 2. The van der Waals surface area contributed by atoms with E-state index in [2.05, 4.69) is 15.3 Å². The average Bonchev–Trinajstić information content (AvgIpc) is 3.44. The van der Waals surface area contributed by atoms with E-state index < -0.39 is 36.6 Å².